The van der Waals surface area contributed by atoms with Crippen LogP contribution < -0.4 is 0 Å². The first-order chi connectivity index (χ1) is 9.36. The molecule has 104 valence electrons. The van der Waals surface area contributed by atoms with Crippen LogP contribution in [0.2, 0.25) is 5.02 Å². The monoisotopic (exact) mass is 312 g/mol. The van der Waals surface area contributed by atoms with E-state index in [1.54, 1.807) is 0 Å². The number of hydrogen-bond acceptors (Lipinski definition) is 5. The molecule has 2 aromatic carbocycles. The summed E-state index contributed by atoms with van der Waals surface area (Å²) < 4.78 is 30.5. The van der Waals surface area contributed by atoms with Gasteiger partial charge in [0.1, 0.15) is 5.75 Å². The quantitative estimate of drug-likeness (QED) is 0.666. The second kappa shape index (κ2) is 5.58. The van der Waals surface area contributed by atoms with Crippen LogP contribution in [-0.2, 0) is 10.1 Å². The van der Waals surface area contributed by atoms with E-state index in [1.165, 1.54) is 42.5 Å². The van der Waals surface area contributed by atoms with Gasteiger partial charge in [0.15, 0.2) is 0 Å². The van der Waals surface area contributed by atoms with Gasteiger partial charge in [0.05, 0.1) is 21.3 Å². The highest BCUT2D eigenvalue weighted by atomic mass is 35.5. The fourth-order valence-electron chi connectivity index (χ4n) is 1.36. The van der Waals surface area contributed by atoms with E-state index in [0.717, 1.165) is 0 Å². The Labute approximate surface area is 120 Å². The highest BCUT2D eigenvalue weighted by Crippen LogP contribution is 2.28. The van der Waals surface area contributed by atoms with Crippen LogP contribution in [0.5, 0.6) is 5.75 Å². The molecule has 2 rings (SSSR count). The Balaban J connectivity index is 2.21. The Bertz CT molecular complexity index is 758. The number of halogens is 1. The second-order valence-corrected chi connectivity index (χ2v) is 5.63. The maximum Gasteiger partial charge on any atom is 0.294 e. The standard InChI is InChI=1S/C12H9ClN2O4S/c13-11-7-9(3-6-12(11)16)15-14-8-1-4-10(5-2-8)20(17,18)19/h1-7,16H,(H,17,18,19). The van der Waals surface area contributed by atoms with Crippen molar-refractivity contribution in [2.75, 3.05) is 0 Å². The molecule has 0 radical (unpaired) electrons. The van der Waals surface area contributed by atoms with Crippen LogP contribution in [0.3, 0.4) is 0 Å². The number of hydrogen-bond donors (Lipinski definition) is 2. The van der Waals surface area contributed by atoms with Crippen molar-refractivity contribution in [3.05, 3.63) is 47.5 Å². The molecule has 0 saturated carbocycles. The SMILES string of the molecule is O=S(=O)(O)c1ccc(N=Nc2ccc(O)c(Cl)c2)cc1. The zero-order valence-corrected chi connectivity index (χ0v) is 11.5. The van der Waals surface area contributed by atoms with E-state index in [-0.39, 0.29) is 15.7 Å². The lowest BCUT2D eigenvalue weighted by molar-refractivity contribution is 0.475. The van der Waals surface area contributed by atoms with Crippen LogP contribution in [0.1, 0.15) is 0 Å². The van der Waals surface area contributed by atoms with Gasteiger partial charge in [0.25, 0.3) is 10.1 Å². The van der Waals surface area contributed by atoms with E-state index < -0.39 is 10.1 Å². The molecule has 6 nitrogen and oxygen atoms in total. The third-order valence-electron chi connectivity index (χ3n) is 2.35. The molecule has 0 bridgehead atoms. The van der Waals surface area contributed by atoms with Gasteiger partial charge in [-0.25, -0.2) is 0 Å². The molecule has 0 saturated heterocycles. The zero-order chi connectivity index (χ0) is 14.8. The van der Waals surface area contributed by atoms with E-state index in [2.05, 4.69) is 10.2 Å². The summed E-state index contributed by atoms with van der Waals surface area (Å²) in [4.78, 5) is -0.218. The molecule has 0 fully saturated rings. The molecular weight excluding hydrogens is 304 g/mol. The lowest BCUT2D eigenvalue weighted by atomic mass is 10.3. The number of aromatic hydroxyl groups is 1. The normalized spacial score (nSPS) is 11.9. The van der Waals surface area contributed by atoms with Crippen LogP contribution in [0, 0.1) is 0 Å². The van der Waals surface area contributed by atoms with Crippen LogP contribution in [0.25, 0.3) is 0 Å². The van der Waals surface area contributed by atoms with Gasteiger partial charge in [-0.1, -0.05) is 11.6 Å². The van der Waals surface area contributed by atoms with Crippen molar-refractivity contribution < 1.29 is 18.1 Å². The van der Waals surface area contributed by atoms with Crippen molar-refractivity contribution in [3.8, 4) is 5.75 Å². The Morgan fingerprint density at radius 3 is 2.05 bits per heavy atom. The summed E-state index contributed by atoms with van der Waals surface area (Å²) in [6.07, 6.45) is 0. The first kappa shape index (κ1) is 14.4. The van der Waals surface area contributed by atoms with Gasteiger partial charge in [0, 0.05) is 0 Å². The largest absolute Gasteiger partial charge is 0.506 e. The summed E-state index contributed by atoms with van der Waals surface area (Å²) in [5, 5.41) is 17.2. The number of nitrogens with zero attached hydrogens (tertiary/aromatic N) is 2. The second-order valence-electron chi connectivity index (χ2n) is 3.80. The number of benzene rings is 2. The van der Waals surface area contributed by atoms with Crippen LogP contribution in [0.4, 0.5) is 11.4 Å². The smallest absolute Gasteiger partial charge is 0.294 e. The maximum absolute atomic E-state index is 10.9. The first-order valence-corrected chi connectivity index (χ1v) is 7.16. The van der Waals surface area contributed by atoms with Gasteiger partial charge < -0.3 is 5.11 Å². The fourth-order valence-corrected chi connectivity index (χ4v) is 2.01. The third-order valence-corrected chi connectivity index (χ3v) is 3.52. The van der Waals surface area contributed by atoms with Gasteiger partial charge in [-0.3, -0.25) is 4.55 Å². The van der Waals surface area contributed by atoms with Crippen molar-refractivity contribution >= 4 is 33.1 Å². The van der Waals surface area contributed by atoms with Crippen molar-refractivity contribution in [3.63, 3.8) is 0 Å². The molecule has 0 aliphatic carbocycles. The Hall–Kier alpha value is -1.96. The summed E-state index contributed by atoms with van der Waals surface area (Å²) in [5.41, 5.74) is 0.841. The lowest BCUT2D eigenvalue weighted by Gasteiger charge is -1.98. The predicted molar refractivity (Wildman–Crippen MR) is 73.5 cm³/mol. The van der Waals surface area contributed by atoms with Crippen LogP contribution in [0.15, 0.2) is 57.6 Å². The summed E-state index contributed by atoms with van der Waals surface area (Å²) in [6, 6.07) is 9.58. The maximum atomic E-state index is 10.9. The van der Waals surface area contributed by atoms with Gasteiger partial charge in [-0.15, -0.1) is 0 Å². The summed E-state index contributed by atoms with van der Waals surface area (Å²) >= 11 is 5.72. The van der Waals surface area contributed by atoms with E-state index >= 15 is 0 Å². The molecule has 2 N–H and O–H groups in total. The number of rotatable bonds is 3. The minimum absolute atomic E-state index is 0.0527. The van der Waals surface area contributed by atoms with Crippen molar-refractivity contribution in [2.24, 2.45) is 10.2 Å². The molecule has 0 aromatic heterocycles. The van der Waals surface area contributed by atoms with E-state index in [0.29, 0.717) is 11.4 Å². The highest BCUT2D eigenvalue weighted by Gasteiger charge is 2.08. The van der Waals surface area contributed by atoms with Gasteiger partial charge in [-0.05, 0) is 42.5 Å². The summed E-state index contributed by atoms with van der Waals surface area (Å²) in [7, 11) is -4.21. The molecule has 20 heavy (non-hydrogen) atoms. The number of phenols is 1. The zero-order valence-electron chi connectivity index (χ0n) is 9.93. The molecule has 0 atom stereocenters. The molecule has 0 heterocycles. The van der Waals surface area contributed by atoms with Crippen molar-refractivity contribution in [2.45, 2.75) is 4.90 Å². The molecule has 0 spiro atoms. The van der Waals surface area contributed by atoms with Crippen molar-refractivity contribution in [1.29, 1.82) is 0 Å². The lowest BCUT2D eigenvalue weighted by Crippen LogP contribution is -1.96. The Kier molecular flexibility index (Phi) is 4.03. The summed E-state index contributed by atoms with van der Waals surface area (Å²) in [6.45, 7) is 0. The first-order valence-electron chi connectivity index (χ1n) is 5.34. The van der Waals surface area contributed by atoms with Crippen molar-refractivity contribution in [1.82, 2.24) is 0 Å². The molecule has 0 aliphatic rings. The minimum atomic E-state index is -4.21. The van der Waals surface area contributed by atoms with Gasteiger partial charge >= 0.3 is 0 Å². The van der Waals surface area contributed by atoms with Gasteiger partial charge in [0.2, 0.25) is 0 Å². The molecule has 8 heteroatoms. The van der Waals surface area contributed by atoms with E-state index in [9.17, 15) is 13.5 Å². The van der Waals surface area contributed by atoms with Crippen LogP contribution in [-0.4, -0.2) is 18.1 Å². The fraction of sp³-hybridized carbons (Fsp3) is 0. The van der Waals surface area contributed by atoms with E-state index in [1.807, 2.05) is 0 Å². The molecule has 2 aromatic rings. The third kappa shape index (κ3) is 3.53. The highest BCUT2D eigenvalue weighted by molar-refractivity contribution is 7.85. The van der Waals surface area contributed by atoms with Gasteiger partial charge in [-0.2, -0.15) is 18.6 Å². The predicted octanol–water partition coefficient (Wildman–Crippen LogP) is 3.71. The average molecular weight is 313 g/mol. The minimum Gasteiger partial charge on any atom is -0.506 e. The molecular formula is C12H9ClN2O4S. The molecule has 0 aliphatic heterocycles. The number of phenolic OH excluding ortho intramolecular Hbond substituents is 1. The Morgan fingerprint density at radius 1 is 0.950 bits per heavy atom. The Morgan fingerprint density at radius 2 is 1.50 bits per heavy atom. The number of azo groups is 1. The topological polar surface area (TPSA) is 99.3 Å². The van der Waals surface area contributed by atoms with Crippen LogP contribution >= 0.6 is 11.6 Å². The summed E-state index contributed by atoms with van der Waals surface area (Å²) in [5.74, 6) is -0.0527. The van der Waals surface area contributed by atoms with E-state index in [4.69, 9.17) is 16.2 Å². The molecule has 0 amide bonds. The molecule has 0 unspecified atom stereocenters. The average Bonchev–Trinajstić information content (AvgIpc) is 2.40.